The number of aliphatic hydroxyl groups is 1. The molecular weight excluding hydrogens is 312 g/mol. The Bertz CT molecular complexity index is 65.1. The monoisotopic (exact) mass is 330 g/mol. The molecule has 0 saturated carbocycles. The molecular formula is C8H18O2W. The molecule has 0 aromatic carbocycles. The van der Waals surface area contributed by atoms with Gasteiger partial charge in [0.25, 0.3) is 0 Å². The molecule has 0 radical (unpaired) electrons. The summed E-state index contributed by atoms with van der Waals surface area (Å²) in [7, 11) is 0. The van der Waals surface area contributed by atoms with Crippen molar-refractivity contribution in [2.45, 2.75) is 39.5 Å². The summed E-state index contributed by atoms with van der Waals surface area (Å²) in [5, 5.41) is 8.75. The molecule has 0 aliphatic rings. The van der Waals surface area contributed by atoms with Crippen LogP contribution in [0.2, 0.25) is 0 Å². The van der Waals surface area contributed by atoms with E-state index in [9.17, 15) is 0 Å². The van der Waals surface area contributed by atoms with Gasteiger partial charge in [0.15, 0.2) is 0 Å². The van der Waals surface area contributed by atoms with E-state index in [-0.39, 0.29) is 0 Å². The standard InChI is InChI=1S/C8H18O.O.W/c1-3-5-6-8(4-2)7-9;;/h8-9H,3-7H2,1-2H3;;. The first-order valence-corrected chi connectivity index (χ1v) is 5.32. The Hall–Kier alpha value is 0.448. The fourth-order valence-corrected chi connectivity index (χ4v) is 0.917. The summed E-state index contributed by atoms with van der Waals surface area (Å²) in [6, 6.07) is 0. The average Bonchev–Trinajstić information content (AvgIpc) is 2.10. The first-order chi connectivity index (χ1) is 5.35. The minimum absolute atomic E-state index is 0.333. The van der Waals surface area contributed by atoms with Crippen molar-refractivity contribution in [1.29, 1.82) is 0 Å². The molecule has 0 aromatic heterocycles. The van der Waals surface area contributed by atoms with E-state index < -0.39 is 0 Å². The molecule has 0 spiro atoms. The molecule has 0 aliphatic heterocycles. The van der Waals surface area contributed by atoms with Gasteiger partial charge in [0, 0.05) is 6.61 Å². The van der Waals surface area contributed by atoms with Gasteiger partial charge in [0.2, 0.25) is 0 Å². The van der Waals surface area contributed by atoms with Crippen LogP contribution in [0.3, 0.4) is 0 Å². The van der Waals surface area contributed by atoms with Crippen molar-refractivity contribution < 1.29 is 28.3 Å². The molecule has 1 N–H and O–H groups in total. The Labute approximate surface area is 80.6 Å². The van der Waals surface area contributed by atoms with Crippen molar-refractivity contribution >= 4 is 0 Å². The Morgan fingerprint density at radius 2 is 1.91 bits per heavy atom. The zero-order valence-corrected chi connectivity index (χ0v) is 10.3. The number of hydrogen-bond donors (Lipinski definition) is 1. The van der Waals surface area contributed by atoms with Crippen molar-refractivity contribution in [2.24, 2.45) is 5.92 Å². The summed E-state index contributed by atoms with van der Waals surface area (Å²) < 4.78 is 8.33. The van der Waals surface area contributed by atoms with Crippen molar-refractivity contribution in [3.8, 4) is 0 Å². The van der Waals surface area contributed by atoms with Crippen LogP contribution >= 0.6 is 0 Å². The van der Waals surface area contributed by atoms with Crippen LogP contribution in [0.5, 0.6) is 0 Å². The van der Waals surface area contributed by atoms with Crippen molar-refractivity contribution in [2.75, 3.05) is 6.61 Å². The molecule has 3 heteroatoms. The quantitative estimate of drug-likeness (QED) is 0.838. The summed E-state index contributed by atoms with van der Waals surface area (Å²) in [4.78, 5) is 0. The number of hydrogen-bond acceptors (Lipinski definition) is 2. The van der Waals surface area contributed by atoms with Gasteiger partial charge in [-0.05, 0) is 12.3 Å². The van der Waals surface area contributed by atoms with Crippen LogP contribution in [0.25, 0.3) is 0 Å². The summed E-state index contributed by atoms with van der Waals surface area (Å²) in [5.74, 6) is 0.560. The zero-order chi connectivity index (χ0) is 9.11. The van der Waals surface area contributed by atoms with Crippen LogP contribution in [0.1, 0.15) is 39.5 Å². The van der Waals surface area contributed by atoms with E-state index in [1.54, 1.807) is 0 Å². The maximum absolute atomic E-state index is 8.75. The Morgan fingerprint density at radius 3 is 2.18 bits per heavy atom. The van der Waals surface area contributed by atoms with Gasteiger partial charge in [-0.3, -0.25) is 0 Å². The molecule has 1 unspecified atom stereocenters. The van der Waals surface area contributed by atoms with E-state index in [0.29, 0.717) is 32.3 Å². The minimum atomic E-state index is 0.333. The maximum atomic E-state index is 8.75. The van der Waals surface area contributed by atoms with Crippen LogP contribution in [-0.4, -0.2) is 11.7 Å². The average molecular weight is 330 g/mol. The third-order valence-corrected chi connectivity index (χ3v) is 1.80. The van der Waals surface area contributed by atoms with E-state index in [4.69, 9.17) is 8.50 Å². The van der Waals surface area contributed by atoms with E-state index >= 15 is 0 Å². The molecule has 11 heavy (non-hydrogen) atoms. The molecule has 0 aromatic rings. The van der Waals surface area contributed by atoms with Gasteiger partial charge in [-0.25, -0.2) is 0 Å². The fraction of sp³-hybridized carbons (Fsp3) is 1.00. The van der Waals surface area contributed by atoms with Gasteiger partial charge in [-0.2, -0.15) is 0 Å². The molecule has 1 atom stereocenters. The molecule has 68 valence electrons. The van der Waals surface area contributed by atoms with Crippen molar-refractivity contribution in [3.05, 3.63) is 0 Å². The van der Waals surface area contributed by atoms with Gasteiger partial charge in [0.05, 0.1) is 0 Å². The van der Waals surface area contributed by atoms with Crippen molar-refractivity contribution in [1.82, 2.24) is 0 Å². The van der Waals surface area contributed by atoms with Gasteiger partial charge >= 0.3 is 23.2 Å². The van der Waals surface area contributed by atoms with E-state index in [2.05, 4.69) is 13.8 Å². The molecule has 2 nitrogen and oxygen atoms in total. The van der Waals surface area contributed by atoms with E-state index in [1.165, 1.54) is 19.3 Å². The van der Waals surface area contributed by atoms with Gasteiger partial charge in [-0.1, -0.05) is 33.1 Å². The molecule has 0 rings (SSSR count). The third kappa shape index (κ3) is 10.4. The summed E-state index contributed by atoms with van der Waals surface area (Å²) in [6.45, 7) is 4.69. The molecule has 0 aliphatic carbocycles. The van der Waals surface area contributed by atoms with E-state index in [1.807, 2.05) is 0 Å². The SMILES string of the molecule is CCCCC(CC)CO.[O]=[W]. The number of rotatable bonds is 5. The van der Waals surface area contributed by atoms with Gasteiger partial charge in [-0.15, -0.1) is 0 Å². The molecule has 0 fully saturated rings. The second-order valence-electron chi connectivity index (χ2n) is 2.60. The second kappa shape index (κ2) is 13.1. The predicted molar refractivity (Wildman–Crippen MR) is 41.1 cm³/mol. The van der Waals surface area contributed by atoms with Crippen LogP contribution in [-0.2, 0) is 23.2 Å². The van der Waals surface area contributed by atoms with Gasteiger partial charge < -0.3 is 5.11 Å². The summed E-state index contributed by atoms with van der Waals surface area (Å²) in [5.41, 5.74) is 0. The molecule has 0 heterocycles. The Morgan fingerprint density at radius 1 is 1.36 bits per heavy atom. The van der Waals surface area contributed by atoms with Crippen LogP contribution in [0.15, 0.2) is 0 Å². The van der Waals surface area contributed by atoms with Crippen molar-refractivity contribution in [3.63, 3.8) is 0 Å². The first-order valence-electron chi connectivity index (χ1n) is 4.12. The third-order valence-electron chi connectivity index (χ3n) is 1.80. The van der Waals surface area contributed by atoms with Gasteiger partial charge in [0.1, 0.15) is 0 Å². The molecule has 0 saturated heterocycles. The Balaban J connectivity index is 0. The zero-order valence-electron chi connectivity index (χ0n) is 7.38. The molecule has 0 amide bonds. The summed E-state index contributed by atoms with van der Waals surface area (Å²) in [6.07, 6.45) is 4.83. The first kappa shape index (κ1) is 14.0. The topological polar surface area (TPSA) is 37.3 Å². The molecule has 0 bridgehead atoms. The predicted octanol–water partition coefficient (Wildman–Crippen LogP) is 2.07. The second-order valence-corrected chi connectivity index (χ2v) is 2.60. The van der Waals surface area contributed by atoms with Crippen LogP contribution < -0.4 is 0 Å². The van der Waals surface area contributed by atoms with E-state index in [0.717, 1.165) is 6.42 Å². The van der Waals surface area contributed by atoms with Crippen LogP contribution in [0, 0.1) is 5.92 Å². The number of aliphatic hydroxyl groups excluding tert-OH is 1. The summed E-state index contributed by atoms with van der Waals surface area (Å²) >= 11 is 0.333. The Kier molecular flexibility index (Phi) is 16.6. The number of unbranched alkanes of at least 4 members (excludes halogenated alkanes) is 1. The van der Waals surface area contributed by atoms with Crippen LogP contribution in [0.4, 0.5) is 0 Å². The fourth-order valence-electron chi connectivity index (χ4n) is 0.917. The normalized spacial score (nSPS) is 11.5.